The zero-order chi connectivity index (χ0) is 21.8. The summed E-state index contributed by atoms with van der Waals surface area (Å²) in [4.78, 5) is 27.6. The zero-order valence-corrected chi connectivity index (χ0v) is 17.4. The summed E-state index contributed by atoms with van der Waals surface area (Å²) in [7, 11) is 0. The molecule has 1 amide bonds. The summed E-state index contributed by atoms with van der Waals surface area (Å²) in [5.74, 6) is -0.317. The van der Waals surface area contributed by atoms with Gasteiger partial charge in [-0.3, -0.25) is 14.5 Å². The summed E-state index contributed by atoms with van der Waals surface area (Å²) in [6.07, 6.45) is 5.00. The van der Waals surface area contributed by atoms with Crippen LogP contribution in [0.15, 0.2) is 57.9 Å². The normalized spacial score (nSPS) is 15.5. The molecule has 8 heteroatoms. The molecule has 1 aliphatic rings. The Morgan fingerprint density at radius 3 is 2.68 bits per heavy atom. The Hall–Kier alpha value is -3.26. The molecule has 0 aliphatic carbocycles. The molecule has 1 N–H and O–H groups in total. The molecule has 1 aromatic carbocycles. The third-order valence-electron chi connectivity index (χ3n) is 5.56. The highest BCUT2D eigenvalue weighted by atomic mass is 19.1. The minimum atomic E-state index is -0.594. The van der Waals surface area contributed by atoms with Crippen molar-refractivity contribution in [3.8, 4) is 5.69 Å². The van der Waals surface area contributed by atoms with Crippen LogP contribution in [0.1, 0.15) is 47.2 Å². The maximum atomic E-state index is 14.3. The van der Waals surface area contributed by atoms with E-state index in [1.165, 1.54) is 23.2 Å². The molecule has 1 aliphatic heterocycles. The van der Waals surface area contributed by atoms with E-state index in [-0.39, 0.29) is 24.0 Å². The highest BCUT2D eigenvalue weighted by Gasteiger charge is 2.26. The minimum Gasteiger partial charge on any atom is -0.468 e. The first-order chi connectivity index (χ1) is 15.0. The lowest BCUT2D eigenvalue weighted by atomic mass is 10.1. The van der Waals surface area contributed by atoms with Crippen molar-refractivity contribution >= 4 is 5.91 Å². The third kappa shape index (κ3) is 4.59. The van der Waals surface area contributed by atoms with Crippen LogP contribution in [-0.4, -0.2) is 40.2 Å². The van der Waals surface area contributed by atoms with Gasteiger partial charge in [-0.05, 0) is 57.1 Å². The van der Waals surface area contributed by atoms with Crippen molar-refractivity contribution in [3.05, 3.63) is 81.9 Å². The first kappa shape index (κ1) is 21.0. The summed E-state index contributed by atoms with van der Waals surface area (Å²) in [6.45, 7) is 3.76. The number of rotatable bonds is 6. The molecular weight excluding hydrogens is 399 g/mol. The van der Waals surface area contributed by atoms with Crippen molar-refractivity contribution in [3.63, 3.8) is 0 Å². The maximum Gasteiger partial charge on any atom is 0.275 e. The Bertz CT molecular complexity index is 1100. The van der Waals surface area contributed by atoms with E-state index in [1.807, 2.05) is 12.1 Å². The van der Waals surface area contributed by atoms with Crippen LogP contribution >= 0.6 is 0 Å². The first-order valence-corrected chi connectivity index (χ1v) is 10.5. The van der Waals surface area contributed by atoms with Gasteiger partial charge in [-0.1, -0.05) is 18.6 Å². The van der Waals surface area contributed by atoms with Gasteiger partial charge in [-0.2, -0.15) is 5.10 Å². The summed E-state index contributed by atoms with van der Waals surface area (Å²) in [5.41, 5.74) is -0.162. The predicted molar refractivity (Wildman–Crippen MR) is 114 cm³/mol. The largest absolute Gasteiger partial charge is 0.468 e. The minimum absolute atomic E-state index is 0.126. The number of benzene rings is 1. The van der Waals surface area contributed by atoms with Crippen LogP contribution in [0.4, 0.5) is 4.39 Å². The van der Waals surface area contributed by atoms with Gasteiger partial charge in [0.1, 0.15) is 17.3 Å². The van der Waals surface area contributed by atoms with Gasteiger partial charge in [0.05, 0.1) is 12.3 Å². The van der Waals surface area contributed by atoms with Crippen LogP contribution in [0.5, 0.6) is 0 Å². The fourth-order valence-electron chi connectivity index (χ4n) is 3.97. The number of aromatic nitrogens is 2. The maximum absolute atomic E-state index is 14.3. The van der Waals surface area contributed by atoms with Crippen LogP contribution in [0.25, 0.3) is 5.69 Å². The first-order valence-electron chi connectivity index (χ1n) is 10.5. The van der Waals surface area contributed by atoms with Crippen molar-refractivity contribution in [2.45, 2.75) is 32.2 Å². The zero-order valence-electron chi connectivity index (χ0n) is 17.4. The van der Waals surface area contributed by atoms with Crippen LogP contribution in [-0.2, 0) is 0 Å². The number of carbonyl (C=O) groups is 1. The van der Waals surface area contributed by atoms with Crippen molar-refractivity contribution in [2.24, 2.45) is 0 Å². The highest BCUT2D eigenvalue weighted by molar-refractivity contribution is 5.92. The van der Waals surface area contributed by atoms with Gasteiger partial charge < -0.3 is 9.73 Å². The Kier molecular flexibility index (Phi) is 6.27. The molecule has 0 saturated carbocycles. The fourth-order valence-corrected chi connectivity index (χ4v) is 3.97. The summed E-state index contributed by atoms with van der Waals surface area (Å²) in [6, 6.07) is 11.0. The number of aryl methyl sites for hydroxylation is 1. The molecule has 31 heavy (non-hydrogen) atoms. The van der Waals surface area contributed by atoms with E-state index < -0.39 is 17.2 Å². The molecule has 3 aromatic rings. The average molecular weight is 424 g/mol. The lowest BCUT2D eigenvalue weighted by Gasteiger charge is -2.33. The molecule has 4 rings (SSSR count). The number of hydrogen-bond acceptors (Lipinski definition) is 5. The van der Waals surface area contributed by atoms with Crippen LogP contribution in [0, 0.1) is 12.7 Å². The van der Waals surface area contributed by atoms with E-state index in [9.17, 15) is 14.0 Å². The molecule has 0 spiro atoms. The van der Waals surface area contributed by atoms with Crippen molar-refractivity contribution in [1.29, 1.82) is 0 Å². The van der Waals surface area contributed by atoms with E-state index in [0.717, 1.165) is 31.7 Å². The summed E-state index contributed by atoms with van der Waals surface area (Å²) < 4.78 is 21.1. The van der Waals surface area contributed by atoms with Crippen LogP contribution in [0.3, 0.4) is 0 Å². The Balaban J connectivity index is 1.57. The second-order valence-electron chi connectivity index (χ2n) is 7.70. The summed E-state index contributed by atoms with van der Waals surface area (Å²) in [5, 5.41) is 7.00. The van der Waals surface area contributed by atoms with Crippen molar-refractivity contribution < 1.29 is 13.6 Å². The number of amides is 1. The fraction of sp³-hybridized carbons (Fsp3) is 0.348. The number of nitrogens with zero attached hydrogens (tertiary/aromatic N) is 3. The number of nitrogens with one attached hydrogen (secondary N) is 1. The Morgan fingerprint density at radius 2 is 1.97 bits per heavy atom. The van der Waals surface area contributed by atoms with Crippen LogP contribution < -0.4 is 10.7 Å². The topological polar surface area (TPSA) is 80.4 Å². The number of furan rings is 1. The smallest absolute Gasteiger partial charge is 0.275 e. The molecule has 162 valence electrons. The molecule has 1 atom stereocenters. The molecule has 2 aromatic heterocycles. The number of carbonyl (C=O) groups excluding carboxylic acids is 1. The second-order valence-corrected chi connectivity index (χ2v) is 7.70. The standard InChI is InChI=1S/C23H25FN4O3/c1-16-14-20(29)22(26-28(16)18-9-4-3-8-17(18)24)23(30)25-15-19(21-10-7-13-31-21)27-11-5-2-6-12-27/h3-4,7-10,13-14,19H,2,5-6,11-12,15H2,1H3,(H,25,30)/t19-/m1/s1. The van der Waals surface area contributed by atoms with Crippen LogP contribution in [0.2, 0.25) is 0 Å². The Labute approximate surface area is 179 Å². The third-order valence-corrected chi connectivity index (χ3v) is 5.56. The number of piperidine rings is 1. The lowest BCUT2D eigenvalue weighted by molar-refractivity contribution is 0.0906. The van der Waals surface area contributed by atoms with E-state index >= 15 is 0 Å². The van der Waals surface area contributed by atoms with Gasteiger partial charge in [-0.25, -0.2) is 9.07 Å². The average Bonchev–Trinajstić information content (AvgIpc) is 3.30. The van der Waals surface area contributed by atoms with Gasteiger partial charge in [-0.15, -0.1) is 0 Å². The van der Waals surface area contributed by atoms with Gasteiger partial charge in [0.25, 0.3) is 5.91 Å². The molecule has 7 nitrogen and oxygen atoms in total. The number of halogens is 1. The molecular formula is C23H25FN4O3. The molecule has 1 fully saturated rings. The molecule has 0 radical (unpaired) electrons. The highest BCUT2D eigenvalue weighted by Crippen LogP contribution is 2.24. The second kappa shape index (κ2) is 9.26. The van der Waals surface area contributed by atoms with Gasteiger partial charge >= 0.3 is 0 Å². The number of hydrogen-bond donors (Lipinski definition) is 1. The van der Waals surface area contributed by atoms with Crippen molar-refractivity contribution in [2.75, 3.05) is 19.6 Å². The van der Waals surface area contributed by atoms with Gasteiger partial charge in [0.2, 0.25) is 5.43 Å². The summed E-state index contributed by atoms with van der Waals surface area (Å²) >= 11 is 0. The van der Waals surface area contributed by atoms with E-state index in [2.05, 4.69) is 15.3 Å². The quantitative estimate of drug-likeness (QED) is 0.657. The molecule has 3 heterocycles. The number of likely N-dealkylation sites (tertiary alicyclic amines) is 1. The van der Waals surface area contributed by atoms with E-state index in [1.54, 1.807) is 31.4 Å². The molecule has 0 bridgehead atoms. The monoisotopic (exact) mass is 424 g/mol. The lowest BCUT2D eigenvalue weighted by Crippen LogP contribution is -2.41. The van der Waals surface area contributed by atoms with E-state index in [0.29, 0.717) is 5.69 Å². The van der Waals surface area contributed by atoms with Crippen molar-refractivity contribution in [1.82, 2.24) is 20.0 Å². The van der Waals surface area contributed by atoms with Gasteiger partial charge in [0.15, 0.2) is 5.69 Å². The molecule has 1 saturated heterocycles. The SMILES string of the molecule is Cc1cc(=O)c(C(=O)NC[C@H](c2ccco2)N2CCCCC2)nn1-c1ccccc1F. The van der Waals surface area contributed by atoms with Gasteiger partial charge in [0, 0.05) is 18.3 Å². The number of para-hydroxylation sites is 1. The molecule has 0 unspecified atom stereocenters. The Morgan fingerprint density at radius 1 is 1.19 bits per heavy atom. The predicted octanol–water partition coefficient (Wildman–Crippen LogP) is 3.23. The van der Waals surface area contributed by atoms with E-state index in [4.69, 9.17) is 4.42 Å².